The minimum absolute atomic E-state index is 0.797. The fraction of sp³-hybridized carbons (Fsp3) is 1.00. The summed E-state index contributed by atoms with van der Waals surface area (Å²) in [6.07, 6.45) is 5.65. The molecule has 0 amide bonds. The van der Waals surface area contributed by atoms with Crippen molar-refractivity contribution >= 4 is 0 Å². The van der Waals surface area contributed by atoms with E-state index < -0.39 is 0 Å². The van der Waals surface area contributed by atoms with Gasteiger partial charge in [-0.1, -0.05) is 19.8 Å². The molecule has 0 radical (unpaired) electrons. The molecule has 3 nitrogen and oxygen atoms in total. The maximum atomic E-state index is 3.76. The summed E-state index contributed by atoms with van der Waals surface area (Å²) in [5.74, 6) is 0.935. The van der Waals surface area contributed by atoms with Crippen LogP contribution in [-0.4, -0.2) is 62.2 Å². The van der Waals surface area contributed by atoms with Crippen LogP contribution in [0.5, 0.6) is 0 Å². The molecule has 1 aliphatic carbocycles. The Kier molecular flexibility index (Phi) is 5.26. The SMILES string of the molecule is CC1CCCC(NCCN2CCN(C)CC2)C1. The molecule has 0 spiro atoms. The molecule has 2 atom stereocenters. The Morgan fingerprint density at radius 3 is 2.59 bits per heavy atom. The molecule has 0 bridgehead atoms. The van der Waals surface area contributed by atoms with Gasteiger partial charge in [-0.3, -0.25) is 4.90 Å². The molecule has 1 aliphatic heterocycles. The standard InChI is InChI=1S/C14H29N3/c1-13-4-3-5-14(12-13)15-6-7-17-10-8-16(2)9-11-17/h13-15H,3-12H2,1-2H3. The zero-order chi connectivity index (χ0) is 12.1. The Hall–Kier alpha value is -0.120. The van der Waals surface area contributed by atoms with E-state index in [2.05, 4.69) is 29.1 Å². The molecule has 0 aromatic carbocycles. The summed E-state index contributed by atoms with van der Waals surface area (Å²) in [5, 5.41) is 3.76. The molecule has 2 unspecified atom stereocenters. The Bertz CT molecular complexity index is 212. The minimum Gasteiger partial charge on any atom is -0.313 e. The number of nitrogens with zero attached hydrogens (tertiary/aromatic N) is 2. The number of nitrogens with one attached hydrogen (secondary N) is 1. The Labute approximate surface area is 107 Å². The third kappa shape index (κ3) is 4.57. The molecular formula is C14H29N3. The quantitative estimate of drug-likeness (QED) is 0.800. The molecule has 0 aromatic heterocycles. The van der Waals surface area contributed by atoms with Gasteiger partial charge in [0, 0.05) is 45.3 Å². The highest BCUT2D eigenvalue weighted by Crippen LogP contribution is 2.23. The van der Waals surface area contributed by atoms with Crippen LogP contribution in [0.3, 0.4) is 0 Å². The summed E-state index contributed by atoms with van der Waals surface area (Å²) >= 11 is 0. The monoisotopic (exact) mass is 239 g/mol. The lowest BCUT2D eigenvalue weighted by atomic mass is 9.87. The van der Waals surface area contributed by atoms with Crippen molar-refractivity contribution in [2.75, 3.05) is 46.3 Å². The van der Waals surface area contributed by atoms with Crippen LogP contribution in [0.2, 0.25) is 0 Å². The van der Waals surface area contributed by atoms with Gasteiger partial charge in [0.25, 0.3) is 0 Å². The van der Waals surface area contributed by atoms with E-state index in [4.69, 9.17) is 0 Å². The first-order chi connectivity index (χ1) is 8.24. The van der Waals surface area contributed by atoms with E-state index in [9.17, 15) is 0 Å². The van der Waals surface area contributed by atoms with E-state index in [-0.39, 0.29) is 0 Å². The molecule has 1 N–H and O–H groups in total. The van der Waals surface area contributed by atoms with Gasteiger partial charge in [-0.25, -0.2) is 0 Å². The fourth-order valence-corrected chi connectivity index (χ4v) is 3.12. The normalized spacial score (nSPS) is 32.8. The van der Waals surface area contributed by atoms with Crippen LogP contribution in [0, 0.1) is 5.92 Å². The molecule has 1 saturated heterocycles. The number of likely N-dealkylation sites (N-methyl/N-ethyl adjacent to an activating group) is 1. The summed E-state index contributed by atoms with van der Waals surface area (Å²) in [6.45, 7) is 9.79. The van der Waals surface area contributed by atoms with Crippen LogP contribution in [-0.2, 0) is 0 Å². The fourth-order valence-electron chi connectivity index (χ4n) is 3.12. The van der Waals surface area contributed by atoms with Crippen LogP contribution in [0.15, 0.2) is 0 Å². The van der Waals surface area contributed by atoms with Crippen LogP contribution in [0.4, 0.5) is 0 Å². The van der Waals surface area contributed by atoms with E-state index in [0.29, 0.717) is 0 Å². The van der Waals surface area contributed by atoms with Crippen LogP contribution < -0.4 is 5.32 Å². The Morgan fingerprint density at radius 2 is 1.88 bits per heavy atom. The smallest absolute Gasteiger partial charge is 0.0110 e. The van der Waals surface area contributed by atoms with E-state index >= 15 is 0 Å². The summed E-state index contributed by atoms with van der Waals surface area (Å²) < 4.78 is 0. The second-order valence-corrected chi connectivity index (χ2v) is 6.07. The van der Waals surface area contributed by atoms with Gasteiger partial charge in [-0.15, -0.1) is 0 Å². The third-order valence-electron chi connectivity index (χ3n) is 4.39. The first-order valence-corrected chi connectivity index (χ1v) is 7.38. The predicted octanol–water partition coefficient (Wildman–Crippen LogP) is 1.40. The largest absolute Gasteiger partial charge is 0.313 e. The van der Waals surface area contributed by atoms with Crippen LogP contribution in [0.1, 0.15) is 32.6 Å². The lowest BCUT2D eigenvalue weighted by Gasteiger charge is -2.33. The lowest BCUT2D eigenvalue weighted by Crippen LogP contribution is -2.47. The zero-order valence-corrected chi connectivity index (χ0v) is 11.6. The van der Waals surface area contributed by atoms with Gasteiger partial charge < -0.3 is 10.2 Å². The zero-order valence-electron chi connectivity index (χ0n) is 11.6. The summed E-state index contributed by atoms with van der Waals surface area (Å²) in [4.78, 5) is 5.02. The molecule has 100 valence electrons. The van der Waals surface area contributed by atoms with Gasteiger partial charge in [-0.05, 0) is 25.8 Å². The van der Waals surface area contributed by atoms with Gasteiger partial charge in [0.15, 0.2) is 0 Å². The maximum Gasteiger partial charge on any atom is 0.0110 e. The lowest BCUT2D eigenvalue weighted by molar-refractivity contribution is 0.152. The highest BCUT2D eigenvalue weighted by molar-refractivity contribution is 4.77. The summed E-state index contributed by atoms with van der Waals surface area (Å²) in [6, 6.07) is 0.797. The molecule has 2 aliphatic rings. The minimum atomic E-state index is 0.797. The van der Waals surface area contributed by atoms with Crippen molar-refractivity contribution in [3.63, 3.8) is 0 Å². The summed E-state index contributed by atoms with van der Waals surface area (Å²) in [7, 11) is 2.22. The van der Waals surface area contributed by atoms with E-state index in [1.54, 1.807) is 0 Å². The molecule has 3 heteroatoms. The predicted molar refractivity (Wildman–Crippen MR) is 73.4 cm³/mol. The number of hydrogen-bond acceptors (Lipinski definition) is 3. The molecule has 1 saturated carbocycles. The maximum absolute atomic E-state index is 3.76. The molecule has 1 heterocycles. The topological polar surface area (TPSA) is 18.5 Å². The van der Waals surface area contributed by atoms with Crippen LogP contribution >= 0.6 is 0 Å². The van der Waals surface area contributed by atoms with Gasteiger partial charge in [0.2, 0.25) is 0 Å². The molecule has 0 aromatic rings. The Balaban J connectivity index is 1.56. The van der Waals surface area contributed by atoms with E-state index in [0.717, 1.165) is 12.0 Å². The highest BCUT2D eigenvalue weighted by Gasteiger charge is 2.18. The van der Waals surface area contributed by atoms with Crippen LogP contribution in [0.25, 0.3) is 0 Å². The van der Waals surface area contributed by atoms with Gasteiger partial charge >= 0.3 is 0 Å². The van der Waals surface area contributed by atoms with Crippen molar-refractivity contribution in [1.29, 1.82) is 0 Å². The second-order valence-electron chi connectivity index (χ2n) is 6.07. The van der Waals surface area contributed by atoms with Crippen molar-refractivity contribution in [2.45, 2.75) is 38.6 Å². The molecule has 2 rings (SSSR count). The average molecular weight is 239 g/mol. The van der Waals surface area contributed by atoms with Crippen molar-refractivity contribution in [2.24, 2.45) is 5.92 Å². The van der Waals surface area contributed by atoms with Crippen molar-refractivity contribution in [3.8, 4) is 0 Å². The van der Waals surface area contributed by atoms with Gasteiger partial charge in [0.05, 0.1) is 0 Å². The van der Waals surface area contributed by atoms with E-state index in [1.807, 2.05) is 0 Å². The first kappa shape index (κ1) is 13.3. The van der Waals surface area contributed by atoms with Crippen molar-refractivity contribution in [3.05, 3.63) is 0 Å². The third-order valence-corrected chi connectivity index (χ3v) is 4.39. The van der Waals surface area contributed by atoms with Crippen molar-refractivity contribution in [1.82, 2.24) is 15.1 Å². The number of hydrogen-bond donors (Lipinski definition) is 1. The van der Waals surface area contributed by atoms with Crippen molar-refractivity contribution < 1.29 is 0 Å². The Morgan fingerprint density at radius 1 is 1.12 bits per heavy atom. The second kappa shape index (κ2) is 6.72. The first-order valence-electron chi connectivity index (χ1n) is 7.38. The number of piperazine rings is 1. The molecule has 17 heavy (non-hydrogen) atoms. The molecule has 2 fully saturated rings. The van der Waals surface area contributed by atoms with E-state index in [1.165, 1.54) is 65.0 Å². The van der Waals surface area contributed by atoms with Gasteiger partial charge in [-0.2, -0.15) is 0 Å². The number of rotatable bonds is 4. The van der Waals surface area contributed by atoms with Gasteiger partial charge in [0.1, 0.15) is 0 Å². The average Bonchev–Trinajstić information content (AvgIpc) is 2.32. The summed E-state index contributed by atoms with van der Waals surface area (Å²) in [5.41, 5.74) is 0. The molecular weight excluding hydrogens is 210 g/mol. The highest BCUT2D eigenvalue weighted by atomic mass is 15.2.